The number of rotatable bonds is 5. The molecular formula is C19H30FIN4O3. The average molecular weight is 508 g/mol. The van der Waals surface area contributed by atoms with Gasteiger partial charge in [0.15, 0.2) is 5.96 Å². The Morgan fingerprint density at radius 3 is 2.64 bits per heavy atom. The number of aliphatic hydroxyl groups is 1. The SMILES string of the molecule is CCNC(=NCc1ccc(F)c(CO)c1)NC1CN(C(=O)OC(C)(C)C)C1.I. The Morgan fingerprint density at radius 1 is 1.39 bits per heavy atom. The summed E-state index contributed by atoms with van der Waals surface area (Å²) in [6, 6.07) is 4.68. The Hall–Kier alpha value is -1.62. The lowest BCUT2D eigenvalue weighted by Crippen LogP contribution is -2.63. The van der Waals surface area contributed by atoms with Gasteiger partial charge in [0.1, 0.15) is 11.4 Å². The van der Waals surface area contributed by atoms with Crippen molar-refractivity contribution in [2.24, 2.45) is 4.99 Å². The van der Waals surface area contributed by atoms with Crippen LogP contribution in [0, 0.1) is 5.82 Å². The number of aliphatic imine (C=N–C) groups is 1. The number of hydrogen-bond acceptors (Lipinski definition) is 4. The van der Waals surface area contributed by atoms with Gasteiger partial charge in [0.25, 0.3) is 0 Å². The van der Waals surface area contributed by atoms with E-state index < -0.39 is 11.4 Å². The van der Waals surface area contributed by atoms with Gasteiger partial charge in [0.2, 0.25) is 0 Å². The molecule has 0 spiro atoms. The van der Waals surface area contributed by atoms with E-state index in [-0.39, 0.29) is 48.3 Å². The van der Waals surface area contributed by atoms with Gasteiger partial charge in [-0.15, -0.1) is 24.0 Å². The molecule has 1 aliphatic rings. The molecule has 0 radical (unpaired) electrons. The van der Waals surface area contributed by atoms with E-state index >= 15 is 0 Å². The molecule has 1 amide bonds. The van der Waals surface area contributed by atoms with Crippen LogP contribution in [0.2, 0.25) is 0 Å². The van der Waals surface area contributed by atoms with Crippen LogP contribution in [-0.4, -0.2) is 53.3 Å². The van der Waals surface area contributed by atoms with Gasteiger partial charge < -0.3 is 25.4 Å². The zero-order valence-corrected chi connectivity index (χ0v) is 19.1. The van der Waals surface area contributed by atoms with Crippen LogP contribution in [0.5, 0.6) is 0 Å². The smallest absolute Gasteiger partial charge is 0.410 e. The van der Waals surface area contributed by atoms with Crippen molar-refractivity contribution in [1.82, 2.24) is 15.5 Å². The van der Waals surface area contributed by atoms with Gasteiger partial charge in [0, 0.05) is 25.2 Å². The Morgan fingerprint density at radius 2 is 2.07 bits per heavy atom. The Kier molecular flexibility index (Phi) is 9.42. The number of hydrogen-bond donors (Lipinski definition) is 3. The second-order valence-electron chi connectivity index (χ2n) is 7.51. The van der Waals surface area contributed by atoms with E-state index in [1.54, 1.807) is 17.0 Å². The summed E-state index contributed by atoms with van der Waals surface area (Å²) in [4.78, 5) is 18.1. The molecule has 28 heavy (non-hydrogen) atoms. The molecule has 0 atom stereocenters. The first-order chi connectivity index (χ1) is 12.7. The number of nitrogens with one attached hydrogen (secondary N) is 2. The fraction of sp³-hybridized carbons (Fsp3) is 0.579. The van der Waals surface area contributed by atoms with Crippen LogP contribution < -0.4 is 10.6 Å². The lowest BCUT2D eigenvalue weighted by Gasteiger charge is -2.40. The third-order valence-electron chi connectivity index (χ3n) is 3.92. The minimum atomic E-state index is -0.505. The first-order valence-corrected chi connectivity index (χ1v) is 9.12. The number of halogens is 2. The van der Waals surface area contributed by atoms with Crippen molar-refractivity contribution >= 4 is 36.0 Å². The van der Waals surface area contributed by atoms with E-state index in [9.17, 15) is 9.18 Å². The zero-order chi connectivity index (χ0) is 20.0. The molecule has 1 aliphatic heterocycles. The molecule has 158 valence electrons. The van der Waals surface area contributed by atoms with Gasteiger partial charge in [-0.2, -0.15) is 0 Å². The van der Waals surface area contributed by atoms with Crippen LogP contribution in [0.15, 0.2) is 23.2 Å². The summed E-state index contributed by atoms with van der Waals surface area (Å²) in [7, 11) is 0. The number of amides is 1. The molecule has 0 saturated carbocycles. The van der Waals surface area contributed by atoms with Crippen molar-refractivity contribution in [2.75, 3.05) is 19.6 Å². The molecule has 1 aromatic carbocycles. The van der Waals surface area contributed by atoms with E-state index in [0.717, 1.165) is 5.56 Å². The number of guanidine groups is 1. The maximum Gasteiger partial charge on any atom is 0.410 e. The third-order valence-corrected chi connectivity index (χ3v) is 3.92. The van der Waals surface area contributed by atoms with Gasteiger partial charge in [-0.3, -0.25) is 0 Å². The fourth-order valence-corrected chi connectivity index (χ4v) is 2.58. The molecule has 0 unspecified atom stereocenters. The highest BCUT2D eigenvalue weighted by Gasteiger charge is 2.34. The Bertz CT molecular complexity index is 688. The lowest BCUT2D eigenvalue weighted by atomic mass is 10.1. The van der Waals surface area contributed by atoms with Crippen molar-refractivity contribution in [3.05, 3.63) is 35.1 Å². The topological polar surface area (TPSA) is 86.2 Å². The largest absolute Gasteiger partial charge is 0.444 e. The number of nitrogens with zero attached hydrogens (tertiary/aromatic N) is 2. The van der Waals surface area contributed by atoms with Gasteiger partial charge in [-0.05, 0) is 45.4 Å². The van der Waals surface area contributed by atoms with Gasteiger partial charge >= 0.3 is 6.09 Å². The van der Waals surface area contributed by atoms with Crippen molar-refractivity contribution in [3.8, 4) is 0 Å². The van der Waals surface area contributed by atoms with Crippen molar-refractivity contribution in [1.29, 1.82) is 0 Å². The van der Waals surface area contributed by atoms with Crippen LogP contribution in [0.25, 0.3) is 0 Å². The van der Waals surface area contributed by atoms with Crippen molar-refractivity contribution < 1.29 is 19.0 Å². The molecule has 7 nitrogen and oxygen atoms in total. The predicted molar refractivity (Wildman–Crippen MR) is 117 cm³/mol. The number of aliphatic hydroxyl groups excluding tert-OH is 1. The third kappa shape index (κ3) is 7.42. The molecule has 1 aromatic rings. The molecule has 0 bridgehead atoms. The predicted octanol–water partition coefficient (Wildman–Crippen LogP) is 2.61. The van der Waals surface area contributed by atoms with Crippen LogP contribution in [0.1, 0.15) is 38.8 Å². The standard InChI is InChI=1S/C19H29FN4O3.HI/c1-5-21-17(22-9-13-6-7-16(20)14(8-13)12-25)23-15-10-24(11-15)18(26)27-19(2,3)4;/h6-8,15,25H,5,9-12H2,1-4H3,(H2,21,22,23);1H. The highest BCUT2D eigenvalue weighted by Crippen LogP contribution is 2.15. The summed E-state index contributed by atoms with van der Waals surface area (Å²) in [5.74, 6) is 0.202. The summed E-state index contributed by atoms with van der Waals surface area (Å²) in [5, 5.41) is 15.6. The van der Waals surface area contributed by atoms with E-state index in [2.05, 4.69) is 15.6 Å². The summed E-state index contributed by atoms with van der Waals surface area (Å²) in [6.07, 6.45) is -0.315. The average Bonchev–Trinajstić information content (AvgIpc) is 2.54. The maximum absolute atomic E-state index is 13.5. The zero-order valence-electron chi connectivity index (χ0n) is 16.8. The first-order valence-electron chi connectivity index (χ1n) is 9.12. The van der Waals surface area contributed by atoms with Crippen LogP contribution >= 0.6 is 24.0 Å². The molecular weight excluding hydrogens is 478 g/mol. The van der Waals surface area contributed by atoms with E-state index in [1.807, 2.05) is 27.7 Å². The molecule has 1 saturated heterocycles. The molecule has 0 aromatic heterocycles. The van der Waals surface area contributed by atoms with Crippen molar-refractivity contribution in [3.63, 3.8) is 0 Å². The fourth-order valence-electron chi connectivity index (χ4n) is 2.58. The quantitative estimate of drug-likeness (QED) is 0.324. The van der Waals surface area contributed by atoms with E-state index in [1.165, 1.54) is 6.07 Å². The summed E-state index contributed by atoms with van der Waals surface area (Å²) in [6.45, 7) is 9.28. The van der Waals surface area contributed by atoms with E-state index in [0.29, 0.717) is 32.1 Å². The highest BCUT2D eigenvalue weighted by atomic mass is 127. The highest BCUT2D eigenvalue weighted by molar-refractivity contribution is 14.0. The summed E-state index contributed by atoms with van der Waals surface area (Å²) >= 11 is 0. The van der Waals surface area contributed by atoms with Crippen molar-refractivity contribution in [2.45, 2.75) is 52.5 Å². The molecule has 3 N–H and O–H groups in total. The number of likely N-dealkylation sites (tertiary alicyclic amines) is 1. The van der Waals surface area contributed by atoms with E-state index in [4.69, 9.17) is 9.84 Å². The number of carbonyl (C=O) groups excluding carboxylic acids is 1. The first kappa shape index (κ1) is 24.4. The summed E-state index contributed by atoms with van der Waals surface area (Å²) < 4.78 is 18.8. The second-order valence-corrected chi connectivity index (χ2v) is 7.51. The summed E-state index contributed by atoms with van der Waals surface area (Å²) in [5.41, 5.74) is 0.559. The number of carbonyl (C=O) groups is 1. The maximum atomic E-state index is 13.5. The number of benzene rings is 1. The lowest BCUT2D eigenvalue weighted by molar-refractivity contribution is 0.00700. The van der Waals surface area contributed by atoms with Gasteiger partial charge in [0.05, 0.1) is 19.2 Å². The normalized spacial score (nSPS) is 14.8. The Balaban J connectivity index is 0.00000392. The minimum Gasteiger partial charge on any atom is -0.444 e. The van der Waals surface area contributed by atoms with Crippen LogP contribution in [-0.2, 0) is 17.9 Å². The van der Waals surface area contributed by atoms with Gasteiger partial charge in [-0.1, -0.05) is 6.07 Å². The molecule has 0 aliphatic carbocycles. The van der Waals surface area contributed by atoms with Gasteiger partial charge in [-0.25, -0.2) is 14.2 Å². The monoisotopic (exact) mass is 508 g/mol. The molecule has 9 heteroatoms. The second kappa shape index (κ2) is 10.8. The molecule has 2 rings (SSSR count). The Labute approximate surface area is 182 Å². The van der Waals surface area contributed by atoms with Crippen LogP contribution in [0.4, 0.5) is 9.18 Å². The number of ether oxygens (including phenoxy) is 1. The molecule has 1 heterocycles. The molecule has 1 fully saturated rings. The van der Waals surface area contributed by atoms with Crippen LogP contribution in [0.3, 0.4) is 0 Å². The minimum absolute atomic E-state index is 0.